The normalized spacial score (nSPS) is 10.1. The number of nitriles is 1. The van der Waals surface area contributed by atoms with Gasteiger partial charge < -0.3 is 15.0 Å². The minimum Gasteiger partial charge on any atom is -0.465 e. The predicted octanol–water partition coefficient (Wildman–Crippen LogP) is 2.22. The summed E-state index contributed by atoms with van der Waals surface area (Å²) < 4.78 is 4.65. The molecular formula is C19H19N3O4. The largest absolute Gasteiger partial charge is 0.465 e. The van der Waals surface area contributed by atoms with Crippen molar-refractivity contribution in [2.45, 2.75) is 26.7 Å². The number of methoxy groups -OCH3 is 1. The second-order valence-electron chi connectivity index (χ2n) is 5.79. The molecule has 2 N–H and O–H groups in total. The average molecular weight is 353 g/mol. The standard InChI is InChI=1S/C19H19N3O4/c1-11-15(12(2)21-18(24)16(11)10-20)7-8-17(23)22-14-6-4-5-13(9-14)19(25)26-3/h4-6,9H,7-8H2,1-3H3,(H,21,24)(H,22,23). The van der Waals surface area contributed by atoms with Crippen molar-refractivity contribution >= 4 is 17.6 Å². The summed E-state index contributed by atoms with van der Waals surface area (Å²) in [6.45, 7) is 3.44. The van der Waals surface area contributed by atoms with Crippen molar-refractivity contribution in [1.29, 1.82) is 5.26 Å². The van der Waals surface area contributed by atoms with Crippen LogP contribution in [-0.4, -0.2) is 24.0 Å². The molecule has 0 unspecified atom stereocenters. The number of ether oxygens (including phenoxy) is 1. The molecule has 1 amide bonds. The zero-order chi connectivity index (χ0) is 19.3. The third-order valence-electron chi connectivity index (χ3n) is 4.09. The summed E-state index contributed by atoms with van der Waals surface area (Å²) >= 11 is 0. The van der Waals surface area contributed by atoms with Gasteiger partial charge in [-0.25, -0.2) is 4.79 Å². The molecule has 0 atom stereocenters. The minimum absolute atomic E-state index is 0.0665. The van der Waals surface area contributed by atoms with Gasteiger partial charge >= 0.3 is 5.97 Å². The summed E-state index contributed by atoms with van der Waals surface area (Å²) in [5.74, 6) is -0.722. The monoisotopic (exact) mass is 353 g/mol. The van der Waals surface area contributed by atoms with E-state index in [1.807, 2.05) is 6.07 Å². The number of aromatic amines is 1. The molecule has 134 valence electrons. The summed E-state index contributed by atoms with van der Waals surface area (Å²) in [5, 5.41) is 11.8. The van der Waals surface area contributed by atoms with Crippen LogP contribution in [-0.2, 0) is 16.0 Å². The summed E-state index contributed by atoms with van der Waals surface area (Å²) in [6.07, 6.45) is 0.548. The molecule has 0 fully saturated rings. The lowest BCUT2D eigenvalue weighted by atomic mass is 9.99. The number of nitrogens with one attached hydrogen (secondary N) is 2. The van der Waals surface area contributed by atoms with Gasteiger partial charge in [0, 0.05) is 17.8 Å². The highest BCUT2D eigenvalue weighted by atomic mass is 16.5. The van der Waals surface area contributed by atoms with E-state index in [2.05, 4.69) is 15.0 Å². The molecule has 0 saturated carbocycles. The molecule has 2 aromatic rings. The second kappa shape index (κ2) is 8.12. The minimum atomic E-state index is -0.482. The lowest BCUT2D eigenvalue weighted by Gasteiger charge is -2.11. The van der Waals surface area contributed by atoms with E-state index >= 15 is 0 Å². The number of H-pyrrole nitrogens is 1. The first-order valence-corrected chi connectivity index (χ1v) is 7.98. The first kappa shape index (κ1) is 18.9. The van der Waals surface area contributed by atoms with E-state index in [1.165, 1.54) is 13.2 Å². The molecule has 26 heavy (non-hydrogen) atoms. The van der Waals surface area contributed by atoms with Crippen molar-refractivity contribution in [2.24, 2.45) is 0 Å². The molecule has 0 bridgehead atoms. The molecule has 2 rings (SSSR count). The zero-order valence-electron chi connectivity index (χ0n) is 14.8. The van der Waals surface area contributed by atoms with Crippen LogP contribution in [0, 0.1) is 25.2 Å². The molecule has 1 aromatic carbocycles. The number of hydrogen-bond donors (Lipinski definition) is 2. The number of esters is 1. The number of amides is 1. The number of hydrogen-bond acceptors (Lipinski definition) is 5. The SMILES string of the molecule is COC(=O)c1cccc(NC(=O)CCc2c(C)[nH]c(=O)c(C#N)c2C)c1. The maximum Gasteiger partial charge on any atom is 0.337 e. The van der Waals surface area contributed by atoms with E-state index < -0.39 is 11.5 Å². The highest BCUT2D eigenvalue weighted by Gasteiger charge is 2.14. The van der Waals surface area contributed by atoms with Gasteiger partial charge in [-0.05, 0) is 49.6 Å². The Hall–Kier alpha value is -3.40. The molecule has 0 radical (unpaired) electrons. The first-order valence-electron chi connectivity index (χ1n) is 7.98. The van der Waals surface area contributed by atoms with Crippen LogP contribution in [0.15, 0.2) is 29.1 Å². The zero-order valence-corrected chi connectivity index (χ0v) is 14.8. The topological polar surface area (TPSA) is 112 Å². The molecule has 1 aromatic heterocycles. The lowest BCUT2D eigenvalue weighted by Crippen LogP contribution is -2.18. The third kappa shape index (κ3) is 4.16. The number of carbonyl (C=O) groups is 2. The Morgan fingerprint density at radius 2 is 2.04 bits per heavy atom. The molecule has 0 spiro atoms. The van der Waals surface area contributed by atoms with Gasteiger partial charge in [-0.2, -0.15) is 5.26 Å². The van der Waals surface area contributed by atoms with Crippen molar-refractivity contribution in [1.82, 2.24) is 4.98 Å². The fraction of sp³-hybridized carbons (Fsp3) is 0.263. The highest BCUT2D eigenvalue weighted by molar-refractivity contribution is 5.94. The molecule has 1 heterocycles. The van der Waals surface area contributed by atoms with Crippen molar-refractivity contribution in [2.75, 3.05) is 12.4 Å². The molecule has 0 aliphatic carbocycles. The Kier molecular flexibility index (Phi) is 5.91. The number of aryl methyl sites for hydroxylation is 1. The Bertz CT molecular complexity index is 954. The van der Waals surface area contributed by atoms with E-state index in [-0.39, 0.29) is 17.9 Å². The van der Waals surface area contributed by atoms with Crippen molar-refractivity contribution in [3.05, 3.63) is 62.6 Å². The summed E-state index contributed by atoms with van der Waals surface area (Å²) in [5.41, 5.74) is 2.50. The summed E-state index contributed by atoms with van der Waals surface area (Å²) in [6, 6.07) is 8.35. The van der Waals surface area contributed by atoms with E-state index in [1.54, 1.807) is 32.0 Å². The van der Waals surface area contributed by atoms with Gasteiger partial charge in [-0.1, -0.05) is 6.07 Å². The van der Waals surface area contributed by atoms with Crippen LogP contribution in [0.3, 0.4) is 0 Å². The fourth-order valence-corrected chi connectivity index (χ4v) is 2.72. The molecule has 0 aliphatic rings. The van der Waals surface area contributed by atoms with E-state index in [9.17, 15) is 14.4 Å². The number of anilines is 1. The molecule has 0 saturated heterocycles. The van der Waals surface area contributed by atoms with Crippen LogP contribution in [0.4, 0.5) is 5.69 Å². The Morgan fingerprint density at radius 3 is 2.69 bits per heavy atom. The Balaban J connectivity index is 2.10. The number of nitrogens with zero attached hydrogens (tertiary/aromatic N) is 1. The van der Waals surface area contributed by atoms with E-state index in [4.69, 9.17) is 5.26 Å². The average Bonchev–Trinajstić information content (AvgIpc) is 2.61. The summed E-state index contributed by atoms with van der Waals surface area (Å²) in [4.78, 5) is 38.1. The Morgan fingerprint density at radius 1 is 1.31 bits per heavy atom. The van der Waals surface area contributed by atoms with Crippen molar-refractivity contribution in [3.8, 4) is 6.07 Å². The van der Waals surface area contributed by atoms with Gasteiger partial charge in [0.1, 0.15) is 11.6 Å². The maximum atomic E-state index is 12.2. The molecule has 7 heteroatoms. The van der Waals surface area contributed by atoms with Crippen LogP contribution in [0.2, 0.25) is 0 Å². The molecular weight excluding hydrogens is 334 g/mol. The number of pyridine rings is 1. The molecule has 7 nitrogen and oxygen atoms in total. The van der Waals surface area contributed by atoms with Gasteiger partial charge in [-0.3, -0.25) is 9.59 Å². The van der Waals surface area contributed by atoms with Crippen LogP contribution in [0.25, 0.3) is 0 Å². The number of carbonyl (C=O) groups excluding carboxylic acids is 2. The van der Waals surface area contributed by atoms with Gasteiger partial charge in [0.25, 0.3) is 5.56 Å². The quantitative estimate of drug-likeness (QED) is 0.801. The van der Waals surface area contributed by atoms with E-state index in [0.717, 1.165) is 5.56 Å². The van der Waals surface area contributed by atoms with Crippen molar-refractivity contribution in [3.63, 3.8) is 0 Å². The molecule has 0 aliphatic heterocycles. The van der Waals surface area contributed by atoms with Gasteiger partial charge in [0.2, 0.25) is 5.91 Å². The lowest BCUT2D eigenvalue weighted by molar-refractivity contribution is -0.116. The van der Waals surface area contributed by atoms with Crippen LogP contribution < -0.4 is 10.9 Å². The number of benzene rings is 1. The van der Waals surface area contributed by atoms with E-state index in [0.29, 0.717) is 28.9 Å². The van der Waals surface area contributed by atoms with Gasteiger partial charge in [0.05, 0.1) is 12.7 Å². The smallest absolute Gasteiger partial charge is 0.337 e. The first-order chi connectivity index (χ1) is 12.4. The predicted molar refractivity (Wildman–Crippen MR) is 96.0 cm³/mol. The second-order valence-corrected chi connectivity index (χ2v) is 5.79. The summed E-state index contributed by atoms with van der Waals surface area (Å²) in [7, 11) is 1.29. The van der Waals surface area contributed by atoms with Crippen LogP contribution in [0.5, 0.6) is 0 Å². The van der Waals surface area contributed by atoms with Crippen LogP contribution >= 0.6 is 0 Å². The Labute approximate surface area is 150 Å². The maximum absolute atomic E-state index is 12.2. The highest BCUT2D eigenvalue weighted by Crippen LogP contribution is 2.16. The number of rotatable bonds is 5. The van der Waals surface area contributed by atoms with Gasteiger partial charge in [0.15, 0.2) is 0 Å². The third-order valence-corrected chi connectivity index (χ3v) is 4.09. The van der Waals surface area contributed by atoms with Crippen LogP contribution in [0.1, 0.15) is 39.2 Å². The van der Waals surface area contributed by atoms with Gasteiger partial charge in [-0.15, -0.1) is 0 Å². The fourth-order valence-electron chi connectivity index (χ4n) is 2.72. The van der Waals surface area contributed by atoms with Crippen molar-refractivity contribution < 1.29 is 14.3 Å². The number of aromatic nitrogens is 1.